The summed E-state index contributed by atoms with van der Waals surface area (Å²) >= 11 is 0. The summed E-state index contributed by atoms with van der Waals surface area (Å²) in [5.74, 6) is 0.946. The lowest BCUT2D eigenvalue weighted by Gasteiger charge is -2.33. The topological polar surface area (TPSA) is 21.3 Å². The van der Waals surface area contributed by atoms with E-state index in [9.17, 15) is 0 Å². The van der Waals surface area contributed by atoms with Crippen LogP contribution in [0.5, 0.6) is 5.75 Å². The molecule has 1 atom stereocenters. The minimum Gasteiger partial charge on any atom is -0.497 e. The Bertz CT molecular complexity index is 363. The number of rotatable bonds is 5. The molecule has 1 aliphatic heterocycles. The summed E-state index contributed by atoms with van der Waals surface area (Å²) in [7, 11) is 1.72. The highest BCUT2D eigenvalue weighted by Crippen LogP contribution is 2.27. The zero-order valence-electron chi connectivity index (χ0n) is 12.4. The highest BCUT2D eigenvalue weighted by atomic mass is 16.5. The van der Waals surface area contributed by atoms with Crippen molar-refractivity contribution < 1.29 is 4.74 Å². The van der Waals surface area contributed by atoms with Gasteiger partial charge in [0.25, 0.3) is 0 Å². The third-order valence-corrected chi connectivity index (χ3v) is 4.56. The standard InChI is InChI=1S/C17H27NO/c1-3-17(12-5-4-6-14-18-17)13-11-15-7-9-16(19-2)10-8-15/h7-10,18H,3-6,11-14H2,1-2H3. The molecule has 1 unspecified atom stereocenters. The van der Waals surface area contributed by atoms with Crippen molar-refractivity contribution in [1.29, 1.82) is 0 Å². The molecule has 0 amide bonds. The molecule has 0 aromatic heterocycles. The predicted molar refractivity (Wildman–Crippen MR) is 80.8 cm³/mol. The Morgan fingerprint density at radius 3 is 2.63 bits per heavy atom. The molecule has 106 valence electrons. The van der Waals surface area contributed by atoms with Crippen LogP contribution in [0.25, 0.3) is 0 Å². The van der Waals surface area contributed by atoms with E-state index in [0.29, 0.717) is 5.54 Å². The highest BCUT2D eigenvalue weighted by Gasteiger charge is 2.27. The number of methoxy groups -OCH3 is 1. The van der Waals surface area contributed by atoms with Crippen LogP contribution in [0.1, 0.15) is 51.0 Å². The summed E-state index contributed by atoms with van der Waals surface area (Å²) in [5.41, 5.74) is 1.79. The molecule has 1 fully saturated rings. The largest absolute Gasteiger partial charge is 0.497 e. The maximum Gasteiger partial charge on any atom is 0.118 e. The molecule has 1 aromatic carbocycles. The molecule has 1 saturated heterocycles. The van der Waals surface area contributed by atoms with E-state index in [1.165, 1.54) is 50.6 Å². The molecule has 2 nitrogen and oxygen atoms in total. The SMILES string of the molecule is CCC1(CCc2ccc(OC)cc2)CCCCCN1. The van der Waals surface area contributed by atoms with Crippen molar-refractivity contribution in [3.05, 3.63) is 29.8 Å². The number of hydrogen-bond donors (Lipinski definition) is 1. The van der Waals surface area contributed by atoms with Crippen molar-refractivity contribution >= 4 is 0 Å². The fraction of sp³-hybridized carbons (Fsp3) is 0.647. The van der Waals surface area contributed by atoms with E-state index in [4.69, 9.17) is 4.74 Å². The van der Waals surface area contributed by atoms with Crippen molar-refractivity contribution in [2.45, 2.75) is 57.4 Å². The first kappa shape index (κ1) is 14.4. The first-order valence-electron chi connectivity index (χ1n) is 7.66. The Morgan fingerprint density at radius 2 is 1.95 bits per heavy atom. The van der Waals surface area contributed by atoms with Gasteiger partial charge in [-0.25, -0.2) is 0 Å². The first-order valence-corrected chi connectivity index (χ1v) is 7.66. The average Bonchev–Trinajstić information content (AvgIpc) is 2.72. The normalized spacial score (nSPS) is 23.9. The Kier molecular flexibility index (Phi) is 5.26. The van der Waals surface area contributed by atoms with E-state index in [2.05, 4.69) is 36.5 Å². The number of hydrogen-bond acceptors (Lipinski definition) is 2. The monoisotopic (exact) mass is 261 g/mol. The summed E-state index contributed by atoms with van der Waals surface area (Å²) in [4.78, 5) is 0. The van der Waals surface area contributed by atoms with Crippen LogP contribution in [-0.2, 0) is 6.42 Å². The Hall–Kier alpha value is -1.02. The van der Waals surface area contributed by atoms with Crippen LogP contribution in [0.3, 0.4) is 0 Å². The van der Waals surface area contributed by atoms with E-state index in [1.807, 2.05) is 0 Å². The van der Waals surface area contributed by atoms with E-state index in [-0.39, 0.29) is 0 Å². The van der Waals surface area contributed by atoms with E-state index in [1.54, 1.807) is 7.11 Å². The van der Waals surface area contributed by atoms with Gasteiger partial charge in [-0.2, -0.15) is 0 Å². The smallest absolute Gasteiger partial charge is 0.118 e. The van der Waals surface area contributed by atoms with Gasteiger partial charge in [-0.15, -0.1) is 0 Å². The molecule has 0 bridgehead atoms. The van der Waals surface area contributed by atoms with Gasteiger partial charge in [-0.1, -0.05) is 31.9 Å². The molecule has 2 heteroatoms. The summed E-state index contributed by atoms with van der Waals surface area (Å²) < 4.78 is 5.21. The lowest BCUT2D eigenvalue weighted by molar-refractivity contribution is 0.283. The van der Waals surface area contributed by atoms with Gasteiger partial charge in [0.05, 0.1) is 7.11 Å². The third kappa shape index (κ3) is 3.97. The third-order valence-electron chi connectivity index (χ3n) is 4.56. The van der Waals surface area contributed by atoms with Crippen molar-refractivity contribution in [1.82, 2.24) is 5.32 Å². The zero-order valence-corrected chi connectivity index (χ0v) is 12.4. The lowest BCUT2D eigenvalue weighted by atomic mass is 9.84. The molecular formula is C17H27NO. The molecule has 19 heavy (non-hydrogen) atoms. The fourth-order valence-corrected chi connectivity index (χ4v) is 3.07. The minimum absolute atomic E-state index is 0.371. The molecular weight excluding hydrogens is 234 g/mol. The van der Waals surface area contributed by atoms with Gasteiger partial charge in [0, 0.05) is 5.54 Å². The van der Waals surface area contributed by atoms with Crippen molar-refractivity contribution in [2.75, 3.05) is 13.7 Å². The Labute approximate surface area is 117 Å². The number of nitrogens with one attached hydrogen (secondary N) is 1. The zero-order chi connectivity index (χ0) is 13.6. The second kappa shape index (κ2) is 6.95. The van der Waals surface area contributed by atoms with Crippen molar-refractivity contribution in [2.24, 2.45) is 0 Å². The molecule has 2 rings (SSSR count). The van der Waals surface area contributed by atoms with Crippen LogP contribution >= 0.6 is 0 Å². The molecule has 1 heterocycles. The molecule has 0 aliphatic carbocycles. The van der Waals surface area contributed by atoms with Gasteiger partial charge in [0.2, 0.25) is 0 Å². The number of benzene rings is 1. The average molecular weight is 261 g/mol. The van der Waals surface area contributed by atoms with Gasteiger partial charge in [-0.3, -0.25) is 0 Å². The maximum absolute atomic E-state index is 5.21. The molecule has 0 radical (unpaired) electrons. The van der Waals surface area contributed by atoms with Crippen LogP contribution in [0.4, 0.5) is 0 Å². The number of ether oxygens (including phenoxy) is 1. The van der Waals surface area contributed by atoms with E-state index >= 15 is 0 Å². The second-order valence-corrected chi connectivity index (χ2v) is 5.72. The van der Waals surface area contributed by atoms with Crippen LogP contribution in [0.2, 0.25) is 0 Å². The van der Waals surface area contributed by atoms with Crippen molar-refractivity contribution in [3.8, 4) is 5.75 Å². The summed E-state index contributed by atoms with van der Waals surface area (Å²) in [6, 6.07) is 8.51. The van der Waals surface area contributed by atoms with Gasteiger partial charge < -0.3 is 10.1 Å². The molecule has 1 aliphatic rings. The van der Waals surface area contributed by atoms with Gasteiger partial charge in [-0.05, 0) is 56.3 Å². The predicted octanol–water partition coefficient (Wildman–Crippen LogP) is 3.94. The highest BCUT2D eigenvalue weighted by molar-refractivity contribution is 5.27. The van der Waals surface area contributed by atoms with Gasteiger partial charge >= 0.3 is 0 Å². The first-order chi connectivity index (χ1) is 9.28. The van der Waals surface area contributed by atoms with Gasteiger partial charge in [0.1, 0.15) is 5.75 Å². The summed E-state index contributed by atoms with van der Waals surface area (Å²) in [6.45, 7) is 3.52. The maximum atomic E-state index is 5.21. The van der Waals surface area contributed by atoms with E-state index in [0.717, 1.165) is 12.2 Å². The van der Waals surface area contributed by atoms with Crippen LogP contribution < -0.4 is 10.1 Å². The fourth-order valence-electron chi connectivity index (χ4n) is 3.07. The lowest BCUT2D eigenvalue weighted by Crippen LogP contribution is -2.44. The quantitative estimate of drug-likeness (QED) is 0.867. The van der Waals surface area contributed by atoms with Crippen LogP contribution in [0.15, 0.2) is 24.3 Å². The number of aryl methyl sites for hydroxylation is 1. The van der Waals surface area contributed by atoms with Crippen LogP contribution in [-0.4, -0.2) is 19.2 Å². The molecule has 0 spiro atoms. The van der Waals surface area contributed by atoms with Crippen molar-refractivity contribution in [3.63, 3.8) is 0 Å². The van der Waals surface area contributed by atoms with Gasteiger partial charge in [0.15, 0.2) is 0 Å². The molecule has 1 N–H and O–H groups in total. The Balaban J connectivity index is 1.94. The summed E-state index contributed by atoms with van der Waals surface area (Å²) in [6.07, 6.45) is 9.08. The Morgan fingerprint density at radius 1 is 1.16 bits per heavy atom. The van der Waals surface area contributed by atoms with E-state index < -0.39 is 0 Å². The summed E-state index contributed by atoms with van der Waals surface area (Å²) in [5, 5.41) is 3.81. The van der Waals surface area contributed by atoms with Crippen LogP contribution in [0, 0.1) is 0 Å². The minimum atomic E-state index is 0.371. The molecule has 0 saturated carbocycles. The second-order valence-electron chi connectivity index (χ2n) is 5.72. The molecule has 1 aromatic rings.